The molecule has 2 aromatic carbocycles. The molecule has 0 bridgehead atoms. The van der Waals surface area contributed by atoms with Crippen LogP contribution in [-0.4, -0.2) is 0 Å². The van der Waals surface area contributed by atoms with Gasteiger partial charge in [0, 0.05) is 10.2 Å². The van der Waals surface area contributed by atoms with Crippen LogP contribution < -0.4 is 5.32 Å². The molecule has 1 unspecified atom stereocenters. The highest BCUT2D eigenvalue weighted by Gasteiger charge is 2.32. The van der Waals surface area contributed by atoms with E-state index >= 15 is 0 Å². The number of hydrogen-bond donors (Lipinski definition) is 1. The summed E-state index contributed by atoms with van der Waals surface area (Å²) in [6, 6.07) is 17.6. The van der Waals surface area contributed by atoms with E-state index in [1.807, 2.05) is 0 Å². The zero-order valence-corrected chi connectivity index (χ0v) is 12.7. The monoisotopic (exact) mass is 315 g/mol. The van der Waals surface area contributed by atoms with E-state index in [-0.39, 0.29) is 0 Å². The topological polar surface area (TPSA) is 12.0 Å². The molecular weight excluding hydrogens is 298 g/mol. The van der Waals surface area contributed by atoms with Crippen molar-refractivity contribution in [1.82, 2.24) is 0 Å². The molecule has 1 nitrogen and oxygen atoms in total. The molecule has 2 heteroatoms. The van der Waals surface area contributed by atoms with E-state index in [0.717, 1.165) is 5.92 Å². The molecule has 0 heterocycles. The third-order valence-corrected chi connectivity index (χ3v) is 4.69. The van der Waals surface area contributed by atoms with Gasteiger partial charge in [0.25, 0.3) is 0 Å². The van der Waals surface area contributed by atoms with Crippen molar-refractivity contribution in [3.63, 3.8) is 0 Å². The molecule has 1 aliphatic rings. The van der Waals surface area contributed by atoms with Gasteiger partial charge in [-0.15, -0.1) is 0 Å². The van der Waals surface area contributed by atoms with Crippen molar-refractivity contribution in [3.05, 3.63) is 64.1 Å². The second-order valence-electron chi connectivity index (χ2n) is 5.28. The highest BCUT2D eigenvalue weighted by atomic mass is 79.9. The normalized spacial score (nSPS) is 16.1. The third kappa shape index (κ3) is 2.84. The van der Waals surface area contributed by atoms with Crippen LogP contribution in [-0.2, 0) is 0 Å². The van der Waals surface area contributed by atoms with Crippen molar-refractivity contribution < 1.29 is 0 Å². The maximum Gasteiger partial charge on any atom is 0.0542 e. The highest BCUT2D eigenvalue weighted by molar-refractivity contribution is 9.10. The van der Waals surface area contributed by atoms with Gasteiger partial charge in [0.1, 0.15) is 0 Å². The van der Waals surface area contributed by atoms with Crippen LogP contribution in [0.5, 0.6) is 0 Å². The highest BCUT2D eigenvalue weighted by Crippen LogP contribution is 2.43. The summed E-state index contributed by atoms with van der Waals surface area (Å²) in [5.74, 6) is 0.779. The maximum atomic E-state index is 3.74. The van der Waals surface area contributed by atoms with Gasteiger partial charge in [-0.25, -0.2) is 0 Å². The number of halogens is 1. The van der Waals surface area contributed by atoms with Crippen LogP contribution in [0, 0.1) is 12.8 Å². The Hall–Kier alpha value is -1.28. The molecule has 2 aromatic rings. The average Bonchev–Trinajstić information content (AvgIpc) is 3.26. The maximum absolute atomic E-state index is 3.74. The Bertz CT molecular complexity index is 561. The fourth-order valence-electron chi connectivity index (χ4n) is 2.49. The largest absolute Gasteiger partial charge is 0.378 e. The molecule has 1 saturated carbocycles. The Kier molecular flexibility index (Phi) is 3.61. The lowest BCUT2D eigenvalue weighted by molar-refractivity contribution is 0.678. The van der Waals surface area contributed by atoms with Crippen LogP contribution >= 0.6 is 15.9 Å². The Morgan fingerprint density at radius 1 is 1.05 bits per heavy atom. The standard InChI is InChI=1S/C17H18BrN/c1-12-15(18)8-5-9-16(12)19-17(14-10-11-14)13-6-3-2-4-7-13/h2-9,14,17,19H,10-11H2,1H3. The molecule has 0 aromatic heterocycles. The number of benzene rings is 2. The molecule has 0 aliphatic heterocycles. The van der Waals surface area contributed by atoms with Crippen molar-refractivity contribution >= 4 is 21.6 Å². The minimum Gasteiger partial charge on any atom is -0.378 e. The molecule has 0 spiro atoms. The Balaban J connectivity index is 1.88. The lowest BCUT2D eigenvalue weighted by Gasteiger charge is -2.22. The number of hydrogen-bond acceptors (Lipinski definition) is 1. The molecule has 98 valence electrons. The van der Waals surface area contributed by atoms with Crippen molar-refractivity contribution in [2.75, 3.05) is 5.32 Å². The first-order valence-electron chi connectivity index (χ1n) is 6.82. The third-order valence-electron chi connectivity index (χ3n) is 3.83. The number of nitrogens with one attached hydrogen (secondary N) is 1. The van der Waals surface area contributed by atoms with Gasteiger partial charge in [-0.05, 0) is 48.9 Å². The molecule has 0 saturated heterocycles. The lowest BCUT2D eigenvalue weighted by Crippen LogP contribution is -2.13. The van der Waals surface area contributed by atoms with Gasteiger partial charge < -0.3 is 5.32 Å². The van der Waals surface area contributed by atoms with Gasteiger partial charge in [0.2, 0.25) is 0 Å². The predicted octanol–water partition coefficient (Wildman–Crippen LogP) is 5.32. The van der Waals surface area contributed by atoms with Crippen molar-refractivity contribution in [2.24, 2.45) is 5.92 Å². The number of rotatable bonds is 4. The first-order chi connectivity index (χ1) is 9.25. The molecule has 0 radical (unpaired) electrons. The lowest BCUT2D eigenvalue weighted by atomic mass is 10.0. The fourth-order valence-corrected chi connectivity index (χ4v) is 2.86. The molecule has 19 heavy (non-hydrogen) atoms. The van der Waals surface area contributed by atoms with Crippen molar-refractivity contribution in [3.8, 4) is 0 Å². The van der Waals surface area contributed by atoms with Crippen LogP contribution in [0.25, 0.3) is 0 Å². The van der Waals surface area contributed by atoms with E-state index in [4.69, 9.17) is 0 Å². The Labute approximate surface area is 123 Å². The van der Waals surface area contributed by atoms with Crippen molar-refractivity contribution in [1.29, 1.82) is 0 Å². The zero-order chi connectivity index (χ0) is 13.2. The number of anilines is 1. The van der Waals surface area contributed by atoms with Gasteiger partial charge in [-0.1, -0.05) is 52.3 Å². The van der Waals surface area contributed by atoms with Gasteiger partial charge in [-0.2, -0.15) is 0 Å². The summed E-state index contributed by atoms with van der Waals surface area (Å²) in [4.78, 5) is 0. The van der Waals surface area contributed by atoms with Crippen LogP contribution in [0.1, 0.15) is 30.0 Å². The summed E-state index contributed by atoms with van der Waals surface area (Å²) in [5.41, 5.74) is 3.91. The second kappa shape index (κ2) is 5.38. The predicted molar refractivity (Wildman–Crippen MR) is 84.4 cm³/mol. The molecule has 1 atom stereocenters. The molecule has 0 amide bonds. The zero-order valence-electron chi connectivity index (χ0n) is 11.1. The molecule has 3 rings (SSSR count). The molecule has 1 fully saturated rings. The summed E-state index contributed by atoms with van der Waals surface area (Å²) in [6.45, 7) is 2.15. The summed E-state index contributed by atoms with van der Waals surface area (Å²) in [6.07, 6.45) is 2.67. The molecule has 1 aliphatic carbocycles. The fraction of sp³-hybridized carbons (Fsp3) is 0.294. The second-order valence-corrected chi connectivity index (χ2v) is 6.14. The van der Waals surface area contributed by atoms with E-state index in [0.29, 0.717) is 6.04 Å². The smallest absolute Gasteiger partial charge is 0.0542 e. The van der Waals surface area contributed by atoms with E-state index < -0.39 is 0 Å². The first-order valence-corrected chi connectivity index (χ1v) is 7.61. The van der Waals surface area contributed by atoms with Gasteiger partial charge in [0.15, 0.2) is 0 Å². The van der Waals surface area contributed by atoms with Gasteiger partial charge in [0.05, 0.1) is 6.04 Å². The SMILES string of the molecule is Cc1c(Br)cccc1NC(c1ccccc1)C1CC1. The van der Waals surface area contributed by atoms with Gasteiger partial charge >= 0.3 is 0 Å². The summed E-state index contributed by atoms with van der Waals surface area (Å²) < 4.78 is 1.17. The van der Waals surface area contributed by atoms with E-state index in [9.17, 15) is 0 Å². The van der Waals surface area contributed by atoms with Gasteiger partial charge in [-0.3, -0.25) is 0 Å². The van der Waals surface area contributed by atoms with Crippen LogP contribution in [0.3, 0.4) is 0 Å². The summed E-state index contributed by atoms with van der Waals surface area (Å²) in [5, 5.41) is 3.74. The minimum absolute atomic E-state index is 0.439. The summed E-state index contributed by atoms with van der Waals surface area (Å²) in [7, 11) is 0. The van der Waals surface area contributed by atoms with Crippen LogP contribution in [0.2, 0.25) is 0 Å². The minimum atomic E-state index is 0.439. The molecule has 1 N–H and O–H groups in total. The Morgan fingerprint density at radius 3 is 2.47 bits per heavy atom. The first kappa shape index (κ1) is 12.7. The quantitative estimate of drug-likeness (QED) is 0.805. The summed E-state index contributed by atoms with van der Waals surface area (Å²) >= 11 is 3.60. The van der Waals surface area contributed by atoms with Crippen molar-refractivity contribution in [2.45, 2.75) is 25.8 Å². The molecular formula is C17H18BrN. The van der Waals surface area contributed by atoms with E-state index in [2.05, 4.69) is 76.7 Å². The average molecular weight is 316 g/mol. The van der Waals surface area contributed by atoms with E-state index in [1.54, 1.807) is 0 Å². The Morgan fingerprint density at radius 2 is 1.79 bits per heavy atom. The van der Waals surface area contributed by atoms with Crippen LogP contribution in [0.15, 0.2) is 53.0 Å². The van der Waals surface area contributed by atoms with Crippen LogP contribution in [0.4, 0.5) is 5.69 Å². The van der Waals surface area contributed by atoms with E-state index in [1.165, 1.54) is 34.1 Å².